The second-order valence-corrected chi connectivity index (χ2v) is 6.20. The van der Waals surface area contributed by atoms with Crippen LogP contribution in [0.15, 0.2) is 42.5 Å². The molecule has 1 atom stereocenters. The molecule has 2 rings (SSSR count). The summed E-state index contributed by atoms with van der Waals surface area (Å²) in [6.45, 7) is 3.12. The number of allylic oxidation sites excluding steroid dienone is 1. The minimum Gasteiger partial charge on any atom is -0.493 e. The van der Waals surface area contributed by atoms with E-state index in [1.807, 2.05) is 55.5 Å². The van der Waals surface area contributed by atoms with Crippen molar-refractivity contribution in [2.24, 2.45) is 0 Å². The first-order valence-electron chi connectivity index (χ1n) is 9.14. The van der Waals surface area contributed by atoms with Crippen LogP contribution >= 0.6 is 0 Å². The van der Waals surface area contributed by atoms with Crippen LogP contribution in [0.3, 0.4) is 0 Å². The third-order valence-corrected chi connectivity index (χ3v) is 4.14. The highest BCUT2D eigenvalue weighted by molar-refractivity contribution is 5.55. The van der Waals surface area contributed by atoms with E-state index in [4.69, 9.17) is 18.9 Å². The molecule has 0 aliphatic heterocycles. The SMILES string of the molecule is C/C=C/c1ccc(OC[C@@H](O)CNCc2ccc(OC)c(OC)c2)c(OC)c1. The Labute approximate surface area is 166 Å². The third kappa shape index (κ3) is 6.18. The quantitative estimate of drug-likeness (QED) is 0.617. The Bertz CT molecular complexity index is 776. The smallest absolute Gasteiger partial charge is 0.161 e. The summed E-state index contributed by atoms with van der Waals surface area (Å²) >= 11 is 0. The van der Waals surface area contributed by atoms with E-state index in [0.717, 1.165) is 11.1 Å². The number of methoxy groups -OCH3 is 3. The van der Waals surface area contributed by atoms with Gasteiger partial charge in [-0.15, -0.1) is 0 Å². The maximum atomic E-state index is 10.2. The van der Waals surface area contributed by atoms with Gasteiger partial charge in [0, 0.05) is 13.1 Å². The van der Waals surface area contributed by atoms with Gasteiger partial charge in [-0.25, -0.2) is 0 Å². The fraction of sp³-hybridized carbons (Fsp3) is 0.364. The fourth-order valence-corrected chi connectivity index (χ4v) is 2.72. The van der Waals surface area contributed by atoms with Crippen LogP contribution in [0.1, 0.15) is 18.1 Å². The molecule has 152 valence electrons. The molecule has 2 N–H and O–H groups in total. The van der Waals surface area contributed by atoms with Gasteiger partial charge in [0.15, 0.2) is 23.0 Å². The summed E-state index contributed by atoms with van der Waals surface area (Å²) in [4.78, 5) is 0. The molecule has 0 aliphatic carbocycles. The number of benzene rings is 2. The van der Waals surface area contributed by atoms with E-state index in [1.165, 1.54) is 0 Å². The van der Waals surface area contributed by atoms with Crippen molar-refractivity contribution < 1.29 is 24.1 Å². The zero-order valence-electron chi connectivity index (χ0n) is 16.9. The van der Waals surface area contributed by atoms with Crippen LogP contribution in [0.2, 0.25) is 0 Å². The van der Waals surface area contributed by atoms with Crippen molar-refractivity contribution >= 4 is 6.08 Å². The average Bonchev–Trinajstić information content (AvgIpc) is 2.72. The van der Waals surface area contributed by atoms with E-state index in [2.05, 4.69) is 5.32 Å². The van der Waals surface area contributed by atoms with Gasteiger partial charge in [-0.05, 0) is 42.3 Å². The van der Waals surface area contributed by atoms with Crippen LogP contribution < -0.4 is 24.3 Å². The van der Waals surface area contributed by atoms with E-state index < -0.39 is 6.10 Å². The predicted molar refractivity (Wildman–Crippen MR) is 110 cm³/mol. The highest BCUT2D eigenvalue weighted by Crippen LogP contribution is 2.29. The van der Waals surface area contributed by atoms with Crippen molar-refractivity contribution in [2.75, 3.05) is 34.5 Å². The van der Waals surface area contributed by atoms with Crippen molar-refractivity contribution in [1.29, 1.82) is 0 Å². The molecule has 6 heteroatoms. The second kappa shape index (κ2) is 11.2. The zero-order valence-corrected chi connectivity index (χ0v) is 16.9. The van der Waals surface area contributed by atoms with Crippen LogP contribution in [0.4, 0.5) is 0 Å². The van der Waals surface area contributed by atoms with Crippen molar-refractivity contribution in [2.45, 2.75) is 19.6 Å². The van der Waals surface area contributed by atoms with E-state index in [1.54, 1.807) is 21.3 Å². The topological polar surface area (TPSA) is 69.2 Å². The van der Waals surface area contributed by atoms with Crippen molar-refractivity contribution in [3.63, 3.8) is 0 Å². The molecule has 0 unspecified atom stereocenters. The van der Waals surface area contributed by atoms with Crippen LogP contribution in [0, 0.1) is 0 Å². The fourth-order valence-electron chi connectivity index (χ4n) is 2.72. The number of nitrogens with one attached hydrogen (secondary N) is 1. The standard InChI is InChI=1S/C22H29NO5/c1-5-6-16-7-10-20(22(11-16)27-4)28-15-18(24)14-23-13-17-8-9-19(25-2)21(12-17)26-3/h5-12,18,23-24H,13-15H2,1-4H3/b6-5+/t18-/m0/s1. The van der Waals surface area contributed by atoms with Gasteiger partial charge in [0.1, 0.15) is 12.7 Å². The lowest BCUT2D eigenvalue weighted by molar-refractivity contribution is 0.104. The number of aliphatic hydroxyl groups excluding tert-OH is 1. The molecule has 6 nitrogen and oxygen atoms in total. The first-order chi connectivity index (χ1) is 13.6. The summed E-state index contributed by atoms with van der Waals surface area (Å²) in [7, 11) is 4.81. The van der Waals surface area contributed by atoms with Gasteiger partial charge >= 0.3 is 0 Å². The molecular weight excluding hydrogens is 358 g/mol. The van der Waals surface area contributed by atoms with Crippen molar-refractivity contribution in [3.8, 4) is 23.0 Å². The van der Waals surface area contributed by atoms with Crippen LogP contribution in [0.5, 0.6) is 23.0 Å². The Morgan fingerprint density at radius 3 is 2.29 bits per heavy atom. The van der Waals surface area contributed by atoms with Gasteiger partial charge in [-0.2, -0.15) is 0 Å². The molecule has 0 bridgehead atoms. The van der Waals surface area contributed by atoms with Gasteiger partial charge < -0.3 is 29.4 Å². The molecule has 2 aromatic carbocycles. The molecule has 0 aliphatic rings. The maximum Gasteiger partial charge on any atom is 0.161 e. The van der Waals surface area contributed by atoms with Crippen LogP contribution in [-0.2, 0) is 6.54 Å². The molecule has 0 radical (unpaired) electrons. The van der Waals surface area contributed by atoms with E-state index in [-0.39, 0.29) is 6.61 Å². The number of rotatable bonds is 11. The highest BCUT2D eigenvalue weighted by Gasteiger charge is 2.10. The van der Waals surface area contributed by atoms with Crippen LogP contribution in [-0.4, -0.2) is 45.7 Å². The molecule has 0 heterocycles. The molecule has 0 saturated carbocycles. The molecule has 0 saturated heterocycles. The van der Waals surface area contributed by atoms with Crippen molar-refractivity contribution in [1.82, 2.24) is 5.32 Å². The number of hydrogen-bond acceptors (Lipinski definition) is 6. The second-order valence-electron chi connectivity index (χ2n) is 6.20. The Morgan fingerprint density at radius 2 is 1.61 bits per heavy atom. The number of hydrogen-bond donors (Lipinski definition) is 2. The van der Waals surface area contributed by atoms with Gasteiger partial charge in [0.2, 0.25) is 0 Å². The largest absolute Gasteiger partial charge is 0.493 e. The minimum atomic E-state index is -0.653. The van der Waals surface area contributed by atoms with Gasteiger partial charge in [0.05, 0.1) is 21.3 Å². The normalized spacial score (nSPS) is 12.0. The highest BCUT2D eigenvalue weighted by atomic mass is 16.5. The monoisotopic (exact) mass is 387 g/mol. The molecule has 0 fully saturated rings. The van der Waals surface area contributed by atoms with E-state index >= 15 is 0 Å². The molecular formula is C22H29NO5. The predicted octanol–water partition coefficient (Wildman–Crippen LogP) is 3.28. The lowest BCUT2D eigenvalue weighted by Crippen LogP contribution is -2.31. The van der Waals surface area contributed by atoms with Gasteiger partial charge in [0.25, 0.3) is 0 Å². The number of ether oxygens (including phenoxy) is 4. The molecule has 0 aromatic heterocycles. The zero-order chi connectivity index (χ0) is 20.4. The summed E-state index contributed by atoms with van der Waals surface area (Å²) in [5.41, 5.74) is 2.07. The van der Waals surface area contributed by atoms with Gasteiger partial charge in [-0.1, -0.05) is 24.3 Å². The number of aliphatic hydroxyl groups is 1. The molecule has 28 heavy (non-hydrogen) atoms. The average molecular weight is 387 g/mol. The summed E-state index contributed by atoms with van der Waals surface area (Å²) in [6, 6.07) is 11.4. The Morgan fingerprint density at radius 1 is 0.929 bits per heavy atom. The summed E-state index contributed by atoms with van der Waals surface area (Å²) in [6.07, 6.45) is 3.29. The Hall–Kier alpha value is -2.70. The van der Waals surface area contributed by atoms with Crippen molar-refractivity contribution in [3.05, 3.63) is 53.6 Å². The molecule has 0 spiro atoms. The summed E-state index contributed by atoms with van der Waals surface area (Å²) in [5, 5.41) is 13.4. The lowest BCUT2D eigenvalue weighted by Gasteiger charge is -2.16. The van der Waals surface area contributed by atoms with E-state index in [0.29, 0.717) is 36.1 Å². The third-order valence-electron chi connectivity index (χ3n) is 4.14. The minimum absolute atomic E-state index is 0.165. The van der Waals surface area contributed by atoms with E-state index in [9.17, 15) is 5.11 Å². The lowest BCUT2D eigenvalue weighted by atomic mass is 10.2. The maximum absolute atomic E-state index is 10.2. The summed E-state index contributed by atoms with van der Waals surface area (Å²) < 4.78 is 21.6. The first kappa shape index (κ1) is 21.6. The molecule has 2 aromatic rings. The molecule has 0 amide bonds. The summed E-state index contributed by atoms with van der Waals surface area (Å²) in [5.74, 6) is 2.61. The van der Waals surface area contributed by atoms with Crippen LogP contribution in [0.25, 0.3) is 6.08 Å². The van der Waals surface area contributed by atoms with Gasteiger partial charge in [-0.3, -0.25) is 0 Å². The Kier molecular flexibility index (Phi) is 8.65. The Balaban J connectivity index is 1.82. The first-order valence-corrected chi connectivity index (χ1v) is 9.14.